The summed E-state index contributed by atoms with van der Waals surface area (Å²) in [5.41, 5.74) is 2.81. The number of amidine groups is 1. The Morgan fingerprint density at radius 1 is 1.00 bits per heavy atom. The van der Waals surface area contributed by atoms with Crippen LogP contribution in [0.4, 0.5) is 33.7 Å². The van der Waals surface area contributed by atoms with Crippen molar-refractivity contribution in [1.29, 1.82) is 0 Å². The lowest BCUT2D eigenvalue weighted by Gasteiger charge is -2.20. The maximum Gasteiger partial charge on any atom is 0.416 e. The maximum atomic E-state index is 15.1. The van der Waals surface area contributed by atoms with Gasteiger partial charge < -0.3 is 10.1 Å². The van der Waals surface area contributed by atoms with E-state index in [0.29, 0.717) is 18.0 Å². The Morgan fingerprint density at radius 3 is 2.50 bits per heavy atom. The van der Waals surface area contributed by atoms with Gasteiger partial charge >= 0.3 is 12.2 Å². The second-order valence-electron chi connectivity index (χ2n) is 10.7. The summed E-state index contributed by atoms with van der Waals surface area (Å²) >= 11 is 1.09. The van der Waals surface area contributed by atoms with E-state index < -0.39 is 23.6 Å². The molecule has 0 saturated carbocycles. The van der Waals surface area contributed by atoms with Crippen molar-refractivity contribution in [2.24, 2.45) is 4.99 Å². The van der Waals surface area contributed by atoms with Gasteiger partial charge in [0.05, 0.1) is 41.6 Å². The fraction of sp³-hybridized carbons (Fsp3) is 0.147. The highest BCUT2D eigenvalue weighted by molar-refractivity contribution is 8.15. The van der Waals surface area contributed by atoms with Crippen molar-refractivity contribution >= 4 is 40.2 Å². The van der Waals surface area contributed by atoms with E-state index in [0.717, 1.165) is 46.7 Å². The van der Waals surface area contributed by atoms with Crippen molar-refractivity contribution in [3.05, 3.63) is 125 Å². The molecule has 0 radical (unpaired) electrons. The molecule has 9 nitrogen and oxygen atoms in total. The first-order chi connectivity index (χ1) is 23.0. The molecule has 14 heteroatoms. The molecule has 1 N–H and O–H groups in total. The molecule has 0 unspecified atom stereocenters. The molecule has 2 heterocycles. The summed E-state index contributed by atoms with van der Waals surface area (Å²) in [6.45, 7) is 2.48. The number of ether oxygens (including phenoxy) is 1. The molecule has 0 aliphatic carbocycles. The molecule has 0 spiro atoms. The largest absolute Gasteiger partial charge is 0.416 e. The minimum Gasteiger partial charge on any atom is -0.372 e. The van der Waals surface area contributed by atoms with Crippen molar-refractivity contribution in [1.82, 2.24) is 14.8 Å². The Hall–Kier alpha value is -5.34. The number of anilines is 2. The molecule has 3 amide bonds. The highest BCUT2D eigenvalue weighted by atomic mass is 32.2. The van der Waals surface area contributed by atoms with Gasteiger partial charge in [0.25, 0.3) is 0 Å². The zero-order valence-electron chi connectivity index (χ0n) is 25.2. The van der Waals surface area contributed by atoms with Crippen LogP contribution in [0.3, 0.4) is 0 Å². The standard InChI is InChI=1S/C34H26F4N6O3S/c1-21-7-8-24(18-47-17-22-5-3-2-4-6-22)29(15-21)44-30(45)19-48-33(44)41-32(46)40-28-14-9-23(16-27(28)35)31-39-20-43(42-31)26-12-10-25(11-13-26)34(36,37)38/h2-16,20H,17-19H2,1H3,(H,40,46)/b41-33-. The number of carbonyl (C=O) groups is 2. The van der Waals surface area contributed by atoms with Gasteiger partial charge in [-0.15, -0.1) is 5.10 Å². The van der Waals surface area contributed by atoms with Crippen LogP contribution >= 0.6 is 11.8 Å². The molecule has 0 atom stereocenters. The fourth-order valence-electron chi connectivity index (χ4n) is 4.85. The third kappa shape index (κ3) is 7.45. The van der Waals surface area contributed by atoms with E-state index in [4.69, 9.17) is 4.74 Å². The molecule has 0 bridgehead atoms. The number of alkyl halides is 3. The van der Waals surface area contributed by atoms with E-state index in [1.807, 2.05) is 55.5 Å². The Labute approximate surface area is 276 Å². The van der Waals surface area contributed by atoms with Gasteiger partial charge in [0, 0.05) is 11.1 Å². The van der Waals surface area contributed by atoms with E-state index in [-0.39, 0.29) is 40.5 Å². The lowest BCUT2D eigenvalue weighted by atomic mass is 10.1. The monoisotopic (exact) mass is 674 g/mol. The highest BCUT2D eigenvalue weighted by Crippen LogP contribution is 2.32. The molecule has 4 aromatic carbocycles. The zero-order valence-corrected chi connectivity index (χ0v) is 26.1. The number of urea groups is 1. The molecule has 6 rings (SSSR count). The average molecular weight is 675 g/mol. The van der Waals surface area contributed by atoms with Gasteiger partial charge in [-0.25, -0.2) is 18.9 Å². The van der Waals surface area contributed by atoms with Crippen molar-refractivity contribution < 1.29 is 31.9 Å². The van der Waals surface area contributed by atoms with E-state index in [2.05, 4.69) is 20.4 Å². The summed E-state index contributed by atoms with van der Waals surface area (Å²) in [4.78, 5) is 35.5. The fourth-order valence-corrected chi connectivity index (χ4v) is 5.71. The van der Waals surface area contributed by atoms with Gasteiger partial charge in [0.2, 0.25) is 5.91 Å². The van der Waals surface area contributed by atoms with E-state index in [1.165, 1.54) is 40.2 Å². The second kappa shape index (κ2) is 13.8. The van der Waals surface area contributed by atoms with Gasteiger partial charge in [-0.2, -0.15) is 18.2 Å². The Morgan fingerprint density at radius 2 is 1.77 bits per heavy atom. The van der Waals surface area contributed by atoms with E-state index in [9.17, 15) is 22.8 Å². The van der Waals surface area contributed by atoms with Crippen LogP contribution in [-0.4, -0.2) is 37.6 Å². The summed E-state index contributed by atoms with van der Waals surface area (Å²) in [6.07, 6.45) is -3.18. The molecular formula is C34H26F4N6O3S. The van der Waals surface area contributed by atoms with E-state index in [1.54, 1.807) is 0 Å². The summed E-state index contributed by atoms with van der Waals surface area (Å²) in [6, 6.07) is 22.6. The first-order valence-electron chi connectivity index (χ1n) is 14.5. The third-order valence-electron chi connectivity index (χ3n) is 7.23. The number of thioether (sulfide) groups is 1. The lowest BCUT2D eigenvalue weighted by molar-refractivity contribution is -0.137. The van der Waals surface area contributed by atoms with Gasteiger partial charge in [-0.1, -0.05) is 54.2 Å². The lowest BCUT2D eigenvalue weighted by Crippen LogP contribution is -2.31. The predicted octanol–water partition coefficient (Wildman–Crippen LogP) is 7.79. The Balaban J connectivity index is 1.15. The normalized spacial score (nSPS) is 14.1. The number of aryl methyl sites for hydroxylation is 1. The molecular weight excluding hydrogens is 648 g/mol. The molecule has 48 heavy (non-hydrogen) atoms. The topological polar surface area (TPSA) is 102 Å². The van der Waals surface area contributed by atoms with Crippen LogP contribution in [0.25, 0.3) is 17.1 Å². The molecule has 1 aliphatic rings. The second-order valence-corrected chi connectivity index (χ2v) is 11.6. The number of amides is 3. The van der Waals surface area contributed by atoms with Crippen LogP contribution in [0.15, 0.2) is 102 Å². The van der Waals surface area contributed by atoms with Crippen molar-refractivity contribution in [3.63, 3.8) is 0 Å². The number of rotatable bonds is 8. The van der Waals surface area contributed by atoms with Crippen LogP contribution in [0.2, 0.25) is 0 Å². The van der Waals surface area contributed by atoms with Crippen LogP contribution in [0.5, 0.6) is 0 Å². The van der Waals surface area contributed by atoms with Gasteiger partial charge in [0.1, 0.15) is 12.1 Å². The quantitative estimate of drug-likeness (QED) is 0.169. The number of nitrogens with zero attached hydrogens (tertiary/aromatic N) is 5. The minimum atomic E-state index is -4.47. The Bertz CT molecular complexity index is 2000. The molecule has 244 valence electrons. The zero-order chi connectivity index (χ0) is 33.8. The summed E-state index contributed by atoms with van der Waals surface area (Å²) < 4.78 is 61.0. The maximum absolute atomic E-state index is 15.1. The summed E-state index contributed by atoms with van der Waals surface area (Å²) in [5.74, 6) is -0.875. The number of nitrogens with one attached hydrogen (secondary N) is 1. The molecule has 5 aromatic rings. The molecule has 1 aliphatic heterocycles. The predicted molar refractivity (Wildman–Crippen MR) is 174 cm³/mol. The summed E-state index contributed by atoms with van der Waals surface area (Å²) in [5, 5.41) is 6.79. The number of aliphatic imine (C=N–C) groups is 1. The van der Waals surface area contributed by atoms with Crippen molar-refractivity contribution in [2.75, 3.05) is 16.0 Å². The number of hydrogen-bond acceptors (Lipinski definition) is 6. The first-order valence-corrected chi connectivity index (χ1v) is 15.5. The van der Waals surface area contributed by atoms with Crippen LogP contribution < -0.4 is 10.2 Å². The first kappa shape index (κ1) is 32.6. The SMILES string of the molecule is Cc1ccc(COCc2ccccc2)c(N2C(=O)CS/C2=N\C(=O)Nc2ccc(-c3ncn(-c4ccc(C(F)(F)F)cc4)n3)cc2F)c1. The van der Waals surface area contributed by atoms with Crippen molar-refractivity contribution in [2.45, 2.75) is 26.3 Å². The number of hydrogen-bond donors (Lipinski definition) is 1. The van der Waals surface area contributed by atoms with Crippen molar-refractivity contribution in [3.8, 4) is 17.1 Å². The smallest absolute Gasteiger partial charge is 0.372 e. The van der Waals surface area contributed by atoms with E-state index >= 15 is 4.39 Å². The van der Waals surface area contributed by atoms with Crippen LogP contribution in [-0.2, 0) is 28.9 Å². The highest BCUT2D eigenvalue weighted by Gasteiger charge is 2.32. The minimum absolute atomic E-state index is 0.0690. The number of benzene rings is 4. The molecule has 1 saturated heterocycles. The average Bonchev–Trinajstić information content (AvgIpc) is 3.70. The van der Waals surface area contributed by atoms with Gasteiger partial charge in [0.15, 0.2) is 11.0 Å². The number of aromatic nitrogens is 3. The molecule has 1 fully saturated rings. The van der Waals surface area contributed by atoms with Gasteiger partial charge in [-0.05, 0) is 66.6 Å². The Kier molecular flexibility index (Phi) is 9.37. The van der Waals surface area contributed by atoms with Crippen LogP contribution in [0, 0.1) is 12.7 Å². The van der Waals surface area contributed by atoms with Crippen LogP contribution in [0.1, 0.15) is 22.3 Å². The third-order valence-corrected chi connectivity index (χ3v) is 8.16. The number of carbonyl (C=O) groups excluding carboxylic acids is 2. The summed E-state index contributed by atoms with van der Waals surface area (Å²) in [7, 11) is 0. The van der Waals surface area contributed by atoms with Gasteiger partial charge in [-0.3, -0.25) is 9.69 Å². The number of halogens is 4. The molecule has 1 aromatic heterocycles.